The maximum atomic E-state index is 12.3. The molecule has 0 spiro atoms. The molecular formula is C21H21NO3. The van der Waals surface area contributed by atoms with Crippen LogP contribution in [0, 0.1) is 0 Å². The van der Waals surface area contributed by atoms with Gasteiger partial charge in [0.15, 0.2) is 5.78 Å². The molecule has 0 radical (unpaired) electrons. The Kier molecular flexibility index (Phi) is 4.72. The van der Waals surface area contributed by atoms with E-state index in [-0.39, 0.29) is 29.4 Å². The van der Waals surface area contributed by atoms with Gasteiger partial charge < -0.3 is 15.5 Å². The number of hydrogen-bond donors (Lipinski definition) is 3. The first-order chi connectivity index (χ1) is 12.0. The van der Waals surface area contributed by atoms with Crippen LogP contribution in [0.3, 0.4) is 0 Å². The molecule has 0 saturated carbocycles. The van der Waals surface area contributed by atoms with Gasteiger partial charge in [0.05, 0.1) is 6.54 Å². The smallest absolute Gasteiger partial charge is 0.176 e. The number of benzene rings is 2. The van der Waals surface area contributed by atoms with E-state index in [1.165, 1.54) is 12.1 Å². The van der Waals surface area contributed by atoms with E-state index in [1.54, 1.807) is 24.3 Å². The van der Waals surface area contributed by atoms with Gasteiger partial charge in [-0.25, -0.2) is 0 Å². The number of rotatable bonds is 5. The van der Waals surface area contributed by atoms with Gasteiger partial charge in [-0.05, 0) is 60.9 Å². The number of phenols is 2. The summed E-state index contributed by atoms with van der Waals surface area (Å²) in [6.07, 6.45) is 6.85. The second kappa shape index (κ2) is 6.95. The van der Waals surface area contributed by atoms with E-state index < -0.39 is 0 Å². The molecule has 0 aliphatic heterocycles. The maximum absolute atomic E-state index is 12.3. The summed E-state index contributed by atoms with van der Waals surface area (Å²) in [4.78, 5) is 12.3. The number of carbonyl (C=O) groups excluding carboxylic acids is 1. The van der Waals surface area contributed by atoms with Crippen LogP contribution in [0.1, 0.15) is 29.3 Å². The van der Waals surface area contributed by atoms with Gasteiger partial charge in [-0.2, -0.15) is 0 Å². The predicted octanol–water partition coefficient (Wildman–Crippen LogP) is 3.67. The summed E-state index contributed by atoms with van der Waals surface area (Å²) >= 11 is 0. The van der Waals surface area contributed by atoms with Gasteiger partial charge in [-0.15, -0.1) is 0 Å². The predicted molar refractivity (Wildman–Crippen MR) is 98.7 cm³/mol. The zero-order chi connectivity index (χ0) is 17.9. The molecule has 1 unspecified atom stereocenters. The fourth-order valence-electron chi connectivity index (χ4n) is 2.92. The molecule has 0 aromatic heterocycles. The molecule has 1 atom stereocenters. The van der Waals surface area contributed by atoms with Crippen molar-refractivity contribution in [2.24, 2.45) is 0 Å². The molecule has 0 amide bonds. The van der Waals surface area contributed by atoms with Crippen LogP contribution in [-0.2, 0) is 0 Å². The lowest BCUT2D eigenvalue weighted by molar-refractivity contribution is 0.0983. The lowest BCUT2D eigenvalue weighted by Crippen LogP contribution is -2.44. The summed E-state index contributed by atoms with van der Waals surface area (Å²) in [5.74, 6) is 0.377. The molecule has 3 rings (SSSR count). The largest absolute Gasteiger partial charge is 0.508 e. The Labute approximate surface area is 147 Å². The molecule has 128 valence electrons. The number of Topliss-reactive ketones (excluding diaryl/α,β-unsaturated/α-hetero) is 1. The van der Waals surface area contributed by atoms with Gasteiger partial charge >= 0.3 is 0 Å². The number of phenolic OH excluding ortho intramolecular Hbond substituents is 2. The van der Waals surface area contributed by atoms with Crippen LogP contribution in [0.2, 0.25) is 0 Å². The molecule has 3 N–H and O–H groups in total. The van der Waals surface area contributed by atoms with Crippen molar-refractivity contribution in [3.05, 3.63) is 77.9 Å². The van der Waals surface area contributed by atoms with E-state index in [0.717, 1.165) is 17.6 Å². The number of nitrogens with one attached hydrogen (secondary N) is 1. The molecule has 2 aromatic carbocycles. The average Bonchev–Trinajstić information content (AvgIpc) is 2.61. The molecule has 0 saturated heterocycles. The lowest BCUT2D eigenvalue weighted by Gasteiger charge is -2.31. The second-order valence-corrected chi connectivity index (χ2v) is 6.52. The van der Waals surface area contributed by atoms with Crippen LogP contribution < -0.4 is 5.32 Å². The van der Waals surface area contributed by atoms with Crippen LogP contribution in [-0.4, -0.2) is 28.1 Å². The first-order valence-electron chi connectivity index (χ1n) is 8.20. The maximum Gasteiger partial charge on any atom is 0.176 e. The molecular weight excluding hydrogens is 314 g/mol. The van der Waals surface area contributed by atoms with E-state index in [1.807, 2.05) is 18.2 Å². The molecule has 4 heteroatoms. The Balaban J connectivity index is 1.65. The fraction of sp³-hybridized carbons (Fsp3) is 0.190. The monoisotopic (exact) mass is 335 g/mol. The van der Waals surface area contributed by atoms with Gasteiger partial charge in [0, 0.05) is 11.1 Å². The van der Waals surface area contributed by atoms with Crippen LogP contribution in [0.15, 0.2) is 66.8 Å². The second-order valence-electron chi connectivity index (χ2n) is 6.52. The number of aromatic hydroxyl groups is 2. The van der Waals surface area contributed by atoms with Crippen molar-refractivity contribution < 1.29 is 15.0 Å². The van der Waals surface area contributed by atoms with Crippen molar-refractivity contribution in [1.82, 2.24) is 5.32 Å². The van der Waals surface area contributed by atoms with Gasteiger partial charge in [-0.3, -0.25) is 4.79 Å². The Morgan fingerprint density at radius 2 is 1.64 bits per heavy atom. The van der Waals surface area contributed by atoms with Crippen LogP contribution >= 0.6 is 0 Å². The summed E-state index contributed by atoms with van der Waals surface area (Å²) in [6, 6.07) is 13.4. The number of hydrogen-bond acceptors (Lipinski definition) is 4. The average molecular weight is 335 g/mol. The van der Waals surface area contributed by atoms with Gasteiger partial charge in [0.25, 0.3) is 0 Å². The molecule has 25 heavy (non-hydrogen) atoms. The summed E-state index contributed by atoms with van der Waals surface area (Å²) < 4.78 is 0. The highest BCUT2D eigenvalue weighted by atomic mass is 16.3. The zero-order valence-electron chi connectivity index (χ0n) is 14.1. The summed E-state index contributed by atoms with van der Waals surface area (Å²) in [5, 5.41) is 22.1. The summed E-state index contributed by atoms with van der Waals surface area (Å²) in [6.45, 7) is 2.27. The minimum Gasteiger partial charge on any atom is -0.508 e. The minimum absolute atomic E-state index is 0.0182. The Morgan fingerprint density at radius 3 is 2.28 bits per heavy atom. The summed E-state index contributed by atoms with van der Waals surface area (Å²) in [5.41, 5.74) is 2.45. The third-order valence-electron chi connectivity index (χ3n) is 4.40. The molecule has 1 aliphatic rings. The fourth-order valence-corrected chi connectivity index (χ4v) is 2.92. The standard InChI is InChI=1S/C21H21NO3/c1-21(22-14-20(25)16-6-10-19(24)11-7-16)12-2-3-17(13-21)15-4-8-18(23)9-5-15/h2-12,22-24H,13-14H2,1H3. The molecule has 2 aromatic rings. The molecule has 0 heterocycles. The third-order valence-corrected chi connectivity index (χ3v) is 4.40. The van der Waals surface area contributed by atoms with Gasteiger partial charge in [0.2, 0.25) is 0 Å². The topological polar surface area (TPSA) is 69.6 Å². The SMILES string of the molecule is CC1(NCC(=O)c2ccc(O)cc2)C=CC=C(c2ccc(O)cc2)C1. The van der Waals surface area contributed by atoms with Crippen molar-refractivity contribution in [1.29, 1.82) is 0 Å². The zero-order valence-corrected chi connectivity index (χ0v) is 14.1. The van der Waals surface area contributed by atoms with Gasteiger partial charge in [0.1, 0.15) is 11.5 Å². The normalized spacial score (nSPS) is 19.5. The Hall–Kier alpha value is -2.85. The van der Waals surface area contributed by atoms with Crippen molar-refractivity contribution >= 4 is 11.4 Å². The number of allylic oxidation sites excluding steroid dienone is 2. The third kappa shape index (κ3) is 4.17. The Bertz CT molecular complexity index is 819. The molecule has 4 nitrogen and oxygen atoms in total. The van der Waals surface area contributed by atoms with Crippen molar-refractivity contribution in [2.45, 2.75) is 18.9 Å². The minimum atomic E-state index is -0.325. The van der Waals surface area contributed by atoms with Crippen LogP contribution in [0.4, 0.5) is 0 Å². The molecule has 0 fully saturated rings. The van der Waals surface area contributed by atoms with E-state index in [0.29, 0.717) is 5.56 Å². The molecule has 0 bridgehead atoms. The molecule has 1 aliphatic carbocycles. The Morgan fingerprint density at radius 1 is 1.04 bits per heavy atom. The highest BCUT2D eigenvalue weighted by Gasteiger charge is 2.25. The van der Waals surface area contributed by atoms with E-state index in [4.69, 9.17) is 0 Å². The summed E-state index contributed by atoms with van der Waals surface area (Å²) in [7, 11) is 0. The highest BCUT2D eigenvalue weighted by Crippen LogP contribution is 2.30. The number of ketones is 1. The first kappa shape index (κ1) is 17.0. The number of carbonyl (C=O) groups is 1. The van der Waals surface area contributed by atoms with Gasteiger partial charge in [-0.1, -0.05) is 30.4 Å². The highest BCUT2D eigenvalue weighted by molar-refractivity contribution is 5.97. The van der Waals surface area contributed by atoms with Crippen LogP contribution in [0.5, 0.6) is 11.5 Å². The van der Waals surface area contributed by atoms with Crippen molar-refractivity contribution in [3.8, 4) is 11.5 Å². The van der Waals surface area contributed by atoms with Crippen molar-refractivity contribution in [2.75, 3.05) is 6.54 Å². The van der Waals surface area contributed by atoms with E-state index in [2.05, 4.69) is 24.4 Å². The quantitative estimate of drug-likeness (QED) is 0.729. The lowest BCUT2D eigenvalue weighted by atomic mass is 9.85. The van der Waals surface area contributed by atoms with Crippen molar-refractivity contribution in [3.63, 3.8) is 0 Å². The van der Waals surface area contributed by atoms with Crippen LogP contribution in [0.25, 0.3) is 5.57 Å². The van der Waals surface area contributed by atoms with E-state index >= 15 is 0 Å². The first-order valence-corrected chi connectivity index (χ1v) is 8.20. The van der Waals surface area contributed by atoms with E-state index in [9.17, 15) is 15.0 Å².